The lowest BCUT2D eigenvalue weighted by atomic mass is 10.1. The standard InChI is InChI=1S/C27H34N6O2/c1-31-16-20(17-31)18-32(2)24-13-14-33(19-24)23-10-7-21(8-11-23)29-27(34)30-22-9-12-26(28-15-22)35-25-5-3-4-6-25/h7-12,15-17,24-25H,3-6,13-14,18-19H2,1-2H3,(H-,29,30,34)/p+1. The second kappa shape index (κ2) is 10.5. The van der Waals surface area contributed by atoms with Crippen LogP contribution in [0.4, 0.5) is 21.9 Å². The van der Waals surface area contributed by atoms with Gasteiger partial charge in [0.15, 0.2) is 12.4 Å². The number of carbonyl (C=O) groups is 1. The monoisotopic (exact) mass is 475 g/mol. The quantitative estimate of drug-likeness (QED) is 0.561. The summed E-state index contributed by atoms with van der Waals surface area (Å²) in [5, 5.41) is 5.73. The van der Waals surface area contributed by atoms with E-state index in [0.29, 0.717) is 17.6 Å². The Kier molecular flexibility index (Phi) is 6.99. The number of pyridine rings is 1. The molecule has 2 N–H and O–H groups in total. The van der Waals surface area contributed by atoms with Gasteiger partial charge in [-0.15, -0.1) is 0 Å². The number of hydrogen-bond acceptors (Lipinski definition) is 5. The molecule has 0 bridgehead atoms. The molecule has 3 aliphatic rings. The summed E-state index contributed by atoms with van der Waals surface area (Å²) in [6.07, 6.45) is 12.0. The minimum atomic E-state index is -0.292. The predicted octanol–water partition coefficient (Wildman–Crippen LogP) is 4.17. The maximum atomic E-state index is 12.4. The number of aromatic nitrogens is 1. The summed E-state index contributed by atoms with van der Waals surface area (Å²) >= 11 is 0. The summed E-state index contributed by atoms with van der Waals surface area (Å²) in [6.45, 7) is 3.05. The van der Waals surface area contributed by atoms with Crippen LogP contribution in [0.3, 0.4) is 0 Å². The molecule has 1 saturated heterocycles. The fraction of sp³-hybridized carbons (Fsp3) is 0.444. The van der Waals surface area contributed by atoms with E-state index in [1.807, 2.05) is 24.3 Å². The Hall–Kier alpha value is -3.39. The summed E-state index contributed by atoms with van der Waals surface area (Å²) in [4.78, 5) is 21.6. The third kappa shape index (κ3) is 6.00. The summed E-state index contributed by atoms with van der Waals surface area (Å²) in [7, 11) is 4.27. The highest BCUT2D eigenvalue weighted by atomic mass is 16.5. The number of rotatable bonds is 8. The molecule has 3 heterocycles. The summed E-state index contributed by atoms with van der Waals surface area (Å²) < 4.78 is 7.98. The van der Waals surface area contributed by atoms with E-state index in [4.69, 9.17) is 4.74 Å². The van der Waals surface area contributed by atoms with Crippen molar-refractivity contribution in [3.8, 4) is 5.88 Å². The normalized spacial score (nSPS) is 19.9. The van der Waals surface area contributed by atoms with Crippen molar-refractivity contribution in [1.82, 2.24) is 9.88 Å². The van der Waals surface area contributed by atoms with Gasteiger partial charge >= 0.3 is 6.03 Å². The third-order valence-electron chi connectivity index (χ3n) is 7.03. The number of amides is 2. The number of nitrogens with zero attached hydrogens (tertiary/aromatic N) is 4. The van der Waals surface area contributed by atoms with E-state index in [9.17, 15) is 4.79 Å². The first-order valence-electron chi connectivity index (χ1n) is 12.6. The highest BCUT2D eigenvalue weighted by Crippen LogP contribution is 2.25. The first-order valence-corrected chi connectivity index (χ1v) is 12.6. The minimum Gasteiger partial charge on any atom is -0.474 e. The Labute approximate surface area is 207 Å². The minimum absolute atomic E-state index is 0.269. The lowest BCUT2D eigenvalue weighted by molar-refractivity contribution is -0.429. The Morgan fingerprint density at radius 1 is 1.11 bits per heavy atom. The fourth-order valence-electron chi connectivity index (χ4n) is 5.10. The highest BCUT2D eigenvalue weighted by molar-refractivity contribution is 5.99. The van der Waals surface area contributed by atoms with E-state index in [1.165, 1.54) is 24.1 Å². The van der Waals surface area contributed by atoms with Gasteiger partial charge in [-0.2, -0.15) is 0 Å². The topological polar surface area (TPSA) is 72.7 Å². The van der Waals surface area contributed by atoms with Crippen LogP contribution in [-0.4, -0.2) is 72.6 Å². The van der Waals surface area contributed by atoms with Crippen LogP contribution in [0.2, 0.25) is 0 Å². The molecule has 2 aliphatic heterocycles. The van der Waals surface area contributed by atoms with Gasteiger partial charge in [0.05, 0.1) is 17.5 Å². The van der Waals surface area contributed by atoms with Gasteiger partial charge < -0.3 is 20.3 Å². The summed E-state index contributed by atoms with van der Waals surface area (Å²) in [5.41, 5.74) is 3.95. The van der Waals surface area contributed by atoms with Crippen LogP contribution in [-0.2, 0) is 0 Å². The Balaban J connectivity index is 1.08. The van der Waals surface area contributed by atoms with Crippen molar-refractivity contribution < 1.29 is 14.1 Å². The first-order chi connectivity index (χ1) is 17.0. The Morgan fingerprint density at radius 3 is 2.51 bits per heavy atom. The second-order valence-corrected chi connectivity index (χ2v) is 9.84. The molecule has 2 aromatic rings. The molecule has 8 heteroatoms. The predicted molar refractivity (Wildman–Crippen MR) is 140 cm³/mol. The number of nitrogens with one attached hydrogen (secondary N) is 2. The number of anilines is 3. The number of urea groups is 1. The maximum Gasteiger partial charge on any atom is 0.323 e. The molecular weight excluding hydrogens is 440 g/mol. The van der Waals surface area contributed by atoms with Crippen molar-refractivity contribution in [2.75, 3.05) is 49.3 Å². The van der Waals surface area contributed by atoms with E-state index in [0.717, 1.165) is 44.6 Å². The molecule has 8 nitrogen and oxygen atoms in total. The van der Waals surface area contributed by atoms with Gasteiger partial charge in [0.2, 0.25) is 5.88 Å². The molecule has 1 aromatic carbocycles. The van der Waals surface area contributed by atoms with Crippen LogP contribution in [0.25, 0.3) is 0 Å². The number of hydrogen-bond donors (Lipinski definition) is 2. The van der Waals surface area contributed by atoms with Crippen LogP contribution in [0, 0.1) is 0 Å². The number of likely N-dealkylation sites (N-methyl/N-ethyl adjacent to an activating group) is 1. The number of carbonyl (C=O) groups excluding carboxylic acids is 1. The van der Waals surface area contributed by atoms with E-state index >= 15 is 0 Å². The molecule has 0 spiro atoms. The van der Waals surface area contributed by atoms with Crippen molar-refractivity contribution in [3.05, 3.63) is 54.4 Å². The zero-order chi connectivity index (χ0) is 24.2. The highest BCUT2D eigenvalue weighted by Gasteiger charge is 2.27. The van der Waals surface area contributed by atoms with Crippen molar-refractivity contribution in [2.45, 2.75) is 44.2 Å². The van der Waals surface area contributed by atoms with Gasteiger partial charge in [-0.3, -0.25) is 4.90 Å². The number of ether oxygens (including phenoxy) is 1. The molecule has 0 radical (unpaired) electrons. The summed E-state index contributed by atoms with van der Waals surface area (Å²) in [6, 6.07) is 11.9. The molecule has 35 heavy (non-hydrogen) atoms. The van der Waals surface area contributed by atoms with Crippen LogP contribution in [0.15, 0.2) is 54.4 Å². The Bertz CT molecular complexity index is 1090. The van der Waals surface area contributed by atoms with E-state index in [1.54, 1.807) is 6.20 Å². The van der Waals surface area contributed by atoms with Crippen molar-refractivity contribution in [3.63, 3.8) is 0 Å². The van der Waals surface area contributed by atoms with E-state index in [-0.39, 0.29) is 12.1 Å². The van der Waals surface area contributed by atoms with Crippen LogP contribution < -0.4 is 20.3 Å². The van der Waals surface area contributed by atoms with Crippen molar-refractivity contribution >= 4 is 29.3 Å². The maximum absolute atomic E-state index is 12.4. The lowest BCUT2D eigenvalue weighted by Gasteiger charge is -2.25. The molecule has 2 amide bonds. The van der Waals surface area contributed by atoms with E-state index in [2.05, 4.69) is 68.6 Å². The average molecular weight is 476 g/mol. The van der Waals surface area contributed by atoms with Crippen molar-refractivity contribution in [1.29, 1.82) is 0 Å². The first kappa shape index (κ1) is 23.4. The zero-order valence-electron chi connectivity index (χ0n) is 20.6. The van der Waals surface area contributed by atoms with Crippen LogP contribution in [0.1, 0.15) is 32.1 Å². The summed E-state index contributed by atoms with van der Waals surface area (Å²) in [5.74, 6) is 0.611. The lowest BCUT2D eigenvalue weighted by Crippen LogP contribution is -2.37. The molecule has 1 atom stereocenters. The molecule has 184 valence electrons. The van der Waals surface area contributed by atoms with Crippen LogP contribution >= 0.6 is 0 Å². The van der Waals surface area contributed by atoms with Gasteiger partial charge in [0.25, 0.3) is 0 Å². The average Bonchev–Trinajstić information content (AvgIpc) is 3.52. The SMILES string of the molecule is CN(CC1=C[N+](C)=C1)C1CCN(c2ccc(NC(=O)Nc3ccc(OC4CCCC4)nc3)cc2)C1. The number of benzene rings is 1. The van der Waals surface area contributed by atoms with Crippen LogP contribution in [0.5, 0.6) is 5.88 Å². The molecule has 2 fully saturated rings. The van der Waals surface area contributed by atoms with Gasteiger partial charge in [-0.1, -0.05) is 0 Å². The Morgan fingerprint density at radius 2 is 1.83 bits per heavy atom. The molecule has 1 saturated carbocycles. The van der Waals surface area contributed by atoms with Gasteiger partial charge in [-0.25, -0.2) is 14.4 Å². The van der Waals surface area contributed by atoms with Crippen molar-refractivity contribution in [2.24, 2.45) is 0 Å². The molecule has 1 aliphatic carbocycles. The largest absolute Gasteiger partial charge is 0.474 e. The zero-order valence-corrected chi connectivity index (χ0v) is 20.6. The molecule has 1 aromatic heterocycles. The van der Waals surface area contributed by atoms with Gasteiger partial charge in [0, 0.05) is 43.1 Å². The molecule has 5 rings (SSSR count). The molecular formula is C27H35N6O2+. The van der Waals surface area contributed by atoms with Gasteiger partial charge in [-0.05, 0) is 69.5 Å². The van der Waals surface area contributed by atoms with E-state index < -0.39 is 0 Å². The van der Waals surface area contributed by atoms with Gasteiger partial charge in [0.1, 0.15) is 13.2 Å². The smallest absolute Gasteiger partial charge is 0.323 e. The second-order valence-electron chi connectivity index (χ2n) is 9.84. The fourth-order valence-corrected chi connectivity index (χ4v) is 5.10. The molecule has 1 unspecified atom stereocenters. The third-order valence-corrected chi connectivity index (χ3v) is 7.03.